The summed E-state index contributed by atoms with van der Waals surface area (Å²) >= 11 is 0. The summed E-state index contributed by atoms with van der Waals surface area (Å²) in [4.78, 5) is 2.21. The molecule has 0 heterocycles. The Kier molecular flexibility index (Phi) is 6.35. The lowest BCUT2D eigenvalue weighted by molar-refractivity contribution is 0.232. The maximum Gasteiger partial charge on any atom is 0.278 e. The highest BCUT2D eigenvalue weighted by Crippen LogP contribution is 1.98. The van der Waals surface area contributed by atoms with Crippen LogP contribution in [0.25, 0.3) is 0 Å². The molecule has 0 saturated heterocycles. The minimum atomic E-state index is -3.29. The minimum Gasteiger partial charge on any atom is -0.300 e. The van der Waals surface area contributed by atoms with Gasteiger partial charge in [-0.25, -0.2) is 4.72 Å². The minimum absolute atomic E-state index is 0.217. The van der Waals surface area contributed by atoms with Crippen LogP contribution in [0.5, 0.6) is 0 Å². The molecule has 0 aromatic heterocycles. The molecule has 0 fully saturated rings. The van der Waals surface area contributed by atoms with Crippen molar-refractivity contribution in [1.82, 2.24) is 13.9 Å². The first-order valence-corrected chi connectivity index (χ1v) is 6.70. The smallest absolute Gasteiger partial charge is 0.278 e. The molecule has 1 unspecified atom stereocenters. The Morgan fingerprint density at radius 1 is 1.20 bits per heavy atom. The van der Waals surface area contributed by atoms with Crippen LogP contribution in [0.15, 0.2) is 0 Å². The third-order valence-electron chi connectivity index (χ3n) is 2.48. The van der Waals surface area contributed by atoms with Gasteiger partial charge in [0, 0.05) is 26.7 Å². The maximum atomic E-state index is 11.4. The second-order valence-electron chi connectivity index (χ2n) is 3.71. The highest BCUT2D eigenvalue weighted by Gasteiger charge is 2.16. The molecule has 0 aliphatic heterocycles. The standard InChI is InChI=1S/C9H23N3O2S/c1-6-12(7-2)9(3)8-10-15(13,14)11(4)5/h9-10H,6-8H2,1-5H3. The van der Waals surface area contributed by atoms with Crippen molar-refractivity contribution in [1.29, 1.82) is 0 Å². The Hall–Kier alpha value is -0.170. The van der Waals surface area contributed by atoms with Crippen LogP contribution in [0.3, 0.4) is 0 Å². The maximum absolute atomic E-state index is 11.4. The number of rotatable bonds is 7. The molecule has 5 nitrogen and oxygen atoms in total. The van der Waals surface area contributed by atoms with E-state index < -0.39 is 10.2 Å². The third-order valence-corrected chi connectivity index (χ3v) is 3.97. The summed E-state index contributed by atoms with van der Waals surface area (Å²) < 4.78 is 26.6. The Morgan fingerprint density at radius 2 is 1.67 bits per heavy atom. The summed E-state index contributed by atoms with van der Waals surface area (Å²) in [5.41, 5.74) is 0. The molecule has 0 radical (unpaired) electrons. The van der Waals surface area contributed by atoms with Crippen LogP contribution in [0.1, 0.15) is 20.8 Å². The van der Waals surface area contributed by atoms with E-state index in [0.717, 1.165) is 13.1 Å². The van der Waals surface area contributed by atoms with Gasteiger partial charge in [0.1, 0.15) is 0 Å². The second kappa shape index (κ2) is 6.42. The van der Waals surface area contributed by atoms with Crippen LogP contribution < -0.4 is 4.72 Å². The first-order valence-electron chi connectivity index (χ1n) is 5.26. The third kappa shape index (κ3) is 4.92. The second-order valence-corrected chi connectivity index (χ2v) is 5.68. The largest absolute Gasteiger partial charge is 0.300 e. The molecule has 0 aliphatic rings. The fraction of sp³-hybridized carbons (Fsp3) is 1.00. The van der Waals surface area contributed by atoms with Crippen LogP contribution in [0.2, 0.25) is 0 Å². The fourth-order valence-corrected chi connectivity index (χ4v) is 2.04. The van der Waals surface area contributed by atoms with Crippen molar-refractivity contribution in [3.8, 4) is 0 Å². The molecule has 0 amide bonds. The number of nitrogens with one attached hydrogen (secondary N) is 1. The SMILES string of the molecule is CCN(CC)C(C)CNS(=O)(=O)N(C)C. The summed E-state index contributed by atoms with van der Waals surface area (Å²) in [5.74, 6) is 0. The molecule has 15 heavy (non-hydrogen) atoms. The number of hydrogen-bond acceptors (Lipinski definition) is 3. The van der Waals surface area contributed by atoms with Crippen molar-refractivity contribution in [2.24, 2.45) is 0 Å². The first kappa shape index (κ1) is 14.8. The van der Waals surface area contributed by atoms with Crippen molar-refractivity contribution in [2.45, 2.75) is 26.8 Å². The molecule has 0 aromatic carbocycles. The van der Waals surface area contributed by atoms with E-state index >= 15 is 0 Å². The number of likely N-dealkylation sites (N-methyl/N-ethyl adjacent to an activating group) is 1. The van der Waals surface area contributed by atoms with Crippen molar-refractivity contribution >= 4 is 10.2 Å². The number of hydrogen-bond donors (Lipinski definition) is 1. The monoisotopic (exact) mass is 237 g/mol. The van der Waals surface area contributed by atoms with Gasteiger partial charge in [-0.1, -0.05) is 13.8 Å². The summed E-state index contributed by atoms with van der Waals surface area (Å²) in [5, 5.41) is 0. The Labute approximate surface area is 93.6 Å². The lowest BCUT2D eigenvalue weighted by atomic mass is 10.3. The molecule has 0 rings (SSSR count). The Morgan fingerprint density at radius 3 is 2.00 bits per heavy atom. The molecule has 6 heteroatoms. The van der Waals surface area contributed by atoms with Crippen molar-refractivity contribution in [3.63, 3.8) is 0 Å². The van der Waals surface area contributed by atoms with E-state index in [1.807, 2.05) is 6.92 Å². The van der Waals surface area contributed by atoms with Crippen LogP contribution in [0, 0.1) is 0 Å². The van der Waals surface area contributed by atoms with Gasteiger partial charge in [0.25, 0.3) is 10.2 Å². The predicted molar refractivity (Wildman–Crippen MR) is 63.0 cm³/mol. The van der Waals surface area contributed by atoms with Gasteiger partial charge in [-0.3, -0.25) is 4.90 Å². The van der Waals surface area contributed by atoms with E-state index in [9.17, 15) is 8.42 Å². The van der Waals surface area contributed by atoms with Crippen molar-refractivity contribution in [3.05, 3.63) is 0 Å². The average Bonchev–Trinajstić information content (AvgIpc) is 2.16. The van der Waals surface area contributed by atoms with Gasteiger partial charge in [0.2, 0.25) is 0 Å². The van der Waals surface area contributed by atoms with E-state index in [0.29, 0.717) is 6.54 Å². The van der Waals surface area contributed by atoms with Crippen molar-refractivity contribution in [2.75, 3.05) is 33.7 Å². The zero-order valence-corrected chi connectivity index (χ0v) is 11.1. The Bertz CT molecular complexity index is 261. The van der Waals surface area contributed by atoms with E-state index in [4.69, 9.17) is 0 Å². The molecule has 92 valence electrons. The van der Waals surface area contributed by atoms with Gasteiger partial charge in [-0.15, -0.1) is 0 Å². The lowest BCUT2D eigenvalue weighted by Gasteiger charge is -2.26. The highest BCUT2D eigenvalue weighted by atomic mass is 32.2. The molecule has 0 spiro atoms. The molecule has 0 aliphatic carbocycles. The van der Waals surface area contributed by atoms with E-state index in [-0.39, 0.29) is 6.04 Å². The van der Waals surface area contributed by atoms with Gasteiger partial charge in [-0.05, 0) is 20.0 Å². The quantitative estimate of drug-likeness (QED) is 0.684. The zero-order chi connectivity index (χ0) is 12.1. The molecular formula is C9H23N3O2S. The van der Waals surface area contributed by atoms with Gasteiger partial charge < -0.3 is 0 Å². The normalized spacial score (nSPS) is 14.9. The molecule has 0 aromatic rings. The highest BCUT2D eigenvalue weighted by molar-refractivity contribution is 7.87. The molecule has 1 atom stereocenters. The van der Waals surface area contributed by atoms with Gasteiger partial charge >= 0.3 is 0 Å². The van der Waals surface area contributed by atoms with Gasteiger partial charge in [-0.2, -0.15) is 12.7 Å². The van der Waals surface area contributed by atoms with Gasteiger partial charge in [0.15, 0.2) is 0 Å². The summed E-state index contributed by atoms with van der Waals surface area (Å²) in [6.07, 6.45) is 0. The van der Waals surface area contributed by atoms with Crippen molar-refractivity contribution < 1.29 is 8.42 Å². The number of nitrogens with zero attached hydrogens (tertiary/aromatic N) is 2. The summed E-state index contributed by atoms with van der Waals surface area (Å²) in [6, 6.07) is 0.217. The summed E-state index contributed by atoms with van der Waals surface area (Å²) in [7, 11) is -0.250. The van der Waals surface area contributed by atoms with Crippen LogP contribution >= 0.6 is 0 Å². The van der Waals surface area contributed by atoms with Crippen LogP contribution in [-0.2, 0) is 10.2 Å². The van der Waals surface area contributed by atoms with Crippen LogP contribution in [0.4, 0.5) is 0 Å². The lowest BCUT2D eigenvalue weighted by Crippen LogP contribution is -2.45. The van der Waals surface area contributed by atoms with Gasteiger partial charge in [0.05, 0.1) is 0 Å². The van der Waals surface area contributed by atoms with Crippen LogP contribution in [-0.4, -0.2) is 57.4 Å². The van der Waals surface area contributed by atoms with E-state index in [1.54, 1.807) is 0 Å². The fourth-order valence-electron chi connectivity index (χ4n) is 1.33. The van der Waals surface area contributed by atoms with E-state index in [1.165, 1.54) is 18.4 Å². The average molecular weight is 237 g/mol. The zero-order valence-electron chi connectivity index (χ0n) is 10.3. The molecule has 0 bridgehead atoms. The topological polar surface area (TPSA) is 52.7 Å². The summed E-state index contributed by atoms with van der Waals surface area (Å²) in [6.45, 7) is 8.47. The predicted octanol–water partition coefficient (Wildman–Crippen LogP) is 0.113. The molecular weight excluding hydrogens is 214 g/mol. The molecule has 1 N–H and O–H groups in total. The Balaban J connectivity index is 4.16. The first-order chi connectivity index (χ1) is 6.85. The molecule has 0 saturated carbocycles. The van der Waals surface area contributed by atoms with E-state index in [2.05, 4.69) is 23.5 Å².